The van der Waals surface area contributed by atoms with E-state index in [1.807, 2.05) is 0 Å². The van der Waals surface area contributed by atoms with Crippen LogP contribution < -0.4 is 5.73 Å². The normalized spacial score (nSPS) is 28.1. The molecule has 1 saturated carbocycles. The molecule has 1 fully saturated rings. The van der Waals surface area contributed by atoms with Gasteiger partial charge in [0, 0.05) is 11.1 Å². The van der Waals surface area contributed by atoms with Gasteiger partial charge in [0.15, 0.2) is 0 Å². The molecule has 1 aromatic carbocycles. The van der Waals surface area contributed by atoms with Gasteiger partial charge in [-0.3, -0.25) is 0 Å². The van der Waals surface area contributed by atoms with Crippen molar-refractivity contribution in [2.24, 2.45) is 11.1 Å². The monoisotopic (exact) mass is 239 g/mol. The molecule has 0 amide bonds. The summed E-state index contributed by atoms with van der Waals surface area (Å²) in [5, 5.41) is 0. The number of hydrogen-bond donors (Lipinski definition) is 1. The average molecular weight is 239 g/mol. The van der Waals surface area contributed by atoms with Crippen molar-refractivity contribution in [3.63, 3.8) is 0 Å². The number of nitrogens with two attached hydrogens (primary N) is 1. The van der Waals surface area contributed by atoms with E-state index in [0.717, 1.165) is 12.8 Å². The Morgan fingerprint density at radius 3 is 2.24 bits per heavy atom. The van der Waals surface area contributed by atoms with Gasteiger partial charge in [-0.05, 0) is 36.8 Å². The van der Waals surface area contributed by atoms with Crippen LogP contribution >= 0.6 is 0 Å². The highest BCUT2D eigenvalue weighted by Crippen LogP contribution is 2.45. The lowest BCUT2D eigenvalue weighted by molar-refractivity contribution is 0.145. The maximum Gasteiger partial charge on any atom is 0.131 e. The molecule has 0 heterocycles. The Hall–Kier alpha value is -0.960. The molecule has 0 aliphatic heterocycles. The largest absolute Gasteiger partial charge is 0.321 e. The fourth-order valence-electron chi connectivity index (χ4n) is 3.10. The van der Waals surface area contributed by atoms with Crippen molar-refractivity contribution in [1.29, 1.82) is 0 Å². The summed E-state index contributed by atoms with van der Waals surface area (Å²) in [6, 6.07) is 3.95. The molecule has 3 heteroatoms. The maximum atomic E-state index is 13.8. The van der Waals surface area contributed by atoms with E-state index < -0.39 is 17.2 Å². The highest BCUT2D eigenvalue weighted by Gasteiger charge is 2.41. The summed E-state index contributed by atoms with van der Waals surface area (Å²) in [5.74, 6) is -1.05. The summed E-state index contributed by atoms with van der Waals surface area (Å²) in [5.41, 5.74) is 5.52. The lowest BCUT2D eigenvalue weighted by Gasteiger charge is -2.43. The van der Waals surface area contributed by atoms with Crippen LogP contribution in [-0.4, -0.2) is 0 Å². The minimum absolute atomic E-state index is 0.0434. The minimum atomic E-state index is -0.864. The standard InChI is InChI=1S/C14H19F2N/c1-13(2)7-4-8-14(17,9-13)12-10(15)5-3-6-11(12)16/h3,5-6H,4,7-9,17H2,1-2H3. The first-order valence-corrected chi connectivity index (χ1v) is 6.07. The van der Waals surface area contributed by atoms with E-state index in [4.69, 9.17) is 5.73 Å². The number of benzene rings is 1. The van der Waals surface area contributed by atoms with E-state index in [9.17, 15) is 8.78 Å². The lowest BCUT2D eigenvalue weighted by atomic mass is 9.66. The molecule has 1 aliphatic carbocycles. The van der Waals surface area contributed by atoms with Crippen LogP contribution in [0.4, 0.5) is 8.78 Å². The number of hydrogen-bond acceptors (Lipinski definition) is 1. The van der Waals surface area contributed by atoms with E-state index in [0.29, 0.717) is 12.8 Å². The SMILES string of the molecule is CC1(C)CCCC(N)(c2c(F)cccc2F)C1. The van der Waals surface area contributed by atoms with Crippen molar-refractivity contribution in [2.75, 3.05) is 0 Å². The molecule has 1 nitrogen and oxygen atoms in total. The first-order chi connectivity index (χ1) is 7.84. The van der Waals surface area contributed by atoms with Gasteiger partial charge in [-0.25, -0.2) is 8.78 Å². The zero-order chi connectivity index (χ0) is 12.7. The smallest absolute Gasteiger partial charge is 0.131 e. The molecule has 0 bridgehead atoms. The maximum absolute atomic E-state index is 13.8. The Kier molecular flexibility index (Phi) is 2.98. The van der Waals surface area contributed by atoms with Gasteiger partial charge >= 0.3 is 0 Å². The Morgan fingerprint density at radius 1 is 1.12 bits per heavy atom. The molecule has 0 saturated heterocycles. The summed E-state index contributed by atoms with van der Waals surface area (Å²) in [6.45, 7) is 4.21. The molecule has 0 radical (unpaired) electrons. The van der Waals surface area contributed by atoms with Gasteiger partial charge in [0.05, 0.1) is 0 Å². The zero-order valence-corrected chi connectivity index (χ0v) is 10.4. The quantitative estimate of drug-likeness (QED) is 0.794. The summed E-state index contributed by atoms with van der Waals surface area (Å²) in [7, 11) is 0. The third-order valence-corrected chi connectivity index (χ3v) is 3.73. The summed E-state index contributed by atoms with van der Waals surface area (Å²) >= 11 is 0. The van der Waals surface area contributed by atoms with Crippen LogP contribution in [0.25, 0.3) is 0 Å². The fourth-order valence-corrected chi connectivity index (χ4v) is 3.10. The van der Waals surface area contributed by atoms with E-state index in [1.165, 1.54) is 18.2 Å². The van der Waals surface area contributed by atoms with Gasteiger partial charge in [0.25, 0.3) is 0 Å². The first kappa shape index (κ1) is 12.5. The topological polar surface area (TPSA) is 26.0 Å². The van der Waals surface area contributed by atoms with Crippen molar-refractivity contribution in [3.8, 4) is 0 Å². The van der Waals surface area contributed by atoms with Crippen LogP contribution in [-0.2, 0) is 5.54 Å². The third-order valence-electron chi connectivity index (χ3n) is 3.73. The van der Waals surface area contributed by atoms with Crippen molar-refractivity contribution >= 4 is 0 Å². The third kappa shape index (κ3) is 2.34. The van der Waals surface area contributed by atoms with Crippen molar-refractivity contribution in [3.05, 3.63) is 35.4 Å². The highest BCUT2D eigenvalue weighted by atomic mass is 19.1. The molecule has 94 valence electrons. The van der Waals surface area contributed by atoms with Gasteiger partial charge in [0.2, 0.25) is 0 Å². The van der Waals surface area contributed by atoms with E-state index in [1.54, 1.807) is 0 Å². The Labute approximate surface area is 101 Å². The van der Waals surface area contributed by atoms with Gasteiger partial charge in [-0.1, -0.05) is 26.3 Å². The second kappa shape index (κ2) is 4.05. The van der Waals surface area contributed by atoms with Crippen molar-refractivity contribution in [2.45, 2.75) is 45.1 Å². The molecule has 1 unspecified atom stereocenters. The predicted octanol–water partition coefficient (Wildman–Crippen LogP) is 3.72. The molecule has 17 heavy (non-hydrogen) atoms. The van der Waals surface area contributed by atoms with Gasteiger partial charge in [-0.15, -0.1) is 0 Å². The van der Waals surface area contributed by atoms with Gasteiger partial charge < -0.3 is 5.73 Å². The van der Waals surface area contributed by atoms with Crippen LogP contribution in [0, 0.1) is 17.0 Å². The molecule has 1 aliphatic rings. The lowest BCUT2D eigenvalue weighted by Crippen LogP contribution is -2.45. The Morgan fingerprint density at radius 2 is 1.71 bits per heavy atom. The number of rotatable bonds is 1. The van der Waals surface area contributed by atoms with Crippen molar-refractivity contribution in [1.82, 2.24) is 0 Å². The summed E-state index contributed by atoms with van der Waals surface area (Å²) in [4.78, 5) is 0. The molecule has 1 aromatic rings. The van der Waals surface area contributed by atoms with Crippen molar-refractivity contribution < 1.29 is 8.78 Å². The Balaban J connectivity index is 2.44. The van der Waals surface area contributed by atoms with Crippen LogP contribution in [0.1, 0.15) is 45.1 Å². The Bertz CT molecular complexity index is 408. The fraction of sp³-hybridized carbons (Fsp3) is 0.571. The highest BCUT2D eigenvalue weighted by molar-refractivity contribution is 5.28. The van der Waals surface area contributed by atoms with E-state index in [-0.39, 0.29) is 11.0 Å². The van der Waals surface area contributed by atoms with Gasteiger partial charge in [0.1, 0.15) is 11.6 Å². The van der Waals surface area contributed by atoms with Crippen LogP contribution in [0.2, 0.25) is 0 Å². The second-order valence-corrected chi connectivity index (χ2v) is 5.95. The van der Waals surface area contributed by atoms with Crippen LogP contribution in [0.3, 0.4) is 0 Å². The van der Waals surface area contributed by atoms with E-state index >= 15 is 0 Å². The molecule has 0 aromatic heterocycles. The minimum Gasteiger partial charge on any atom is -0.321 e. The first-order valence-electron chi connectivity index (χ1n) is 6.07. The number of halogens is 2. The molecule has 0 spiro atoms. The van der Waals surface area contributed by atoms with Crippen LogP contribution in [0.5, 0.6) is 0 Å². The van der Waals surface area contributed by atoms with E-state index in [2.05, 4.69) is 13.8 Å². The molecular formula is C14H19F2N. The summed E-state index contributed by atoms with van der Waals surface area (Å²) in [6.07, 6.45) is 3.24. The molecule has 1 atom stereocenters. The van der Waals surface area contributed by atoms with Crippen LogP contribution in [0.15, 0.2) is 18.2 Å². The average Bonchev–Trinajstić information content (AvgIpc) is 2.14. The predicted molar refractivity (Wildman–Crippen MR) is 64.5 cm³/mol. The molecule has 2 rings (SSSR count). The molecular weight excluding hydrogens is 220 g/mol. The molecule has 2 N–H and O–H groups in total. The summed E-state index contributed by atoms with van der Waals surface area (Å²) < 4.78 is 27.6. The second-order valence-electron chi connectivity index (χ2n) is 5.95. The van der Waals surface area contributed by atoms with Gasteiger partial charge in [-0.2, -0.15) is 0 Å². The zero-order valence-electron chi connectivity index (χ0n) is 10.4.